The number of carbonyl (C=O) groups is 1. The monoisotopic (exact) mass is 247 g/mol. The SMILES string of the molecule is CN(C)C(=O)NCC1(c2ccccn2)CCCC1. The van der Waals surface area contributed by atoms with Crippen LogP contribution in [-0.4, -0.2) is 36.6 Å². The largest absolute Gasteiger partial charge is 0.337 e. The van der Waals surface area contributed by atoms with E-state index in [0.717, 1.165) is 18.5 Å². The molecule has 0 saturated heterocycles. The Hall–Kier alpha value is -1.58. The topological polar surface area (TPSA) is 45.2 Å². The summed E-state index contributed by atoms with van der Waals surface area (Å²) in [6.45, 7) is 0.682. The summed E-state index contributed by atoms with van der Waals surface area (Å²) in [4.78, 5) is 17.7. The number of nitrogens with zero attached hydrogens (tertiary/aromatic N) is 2. The molecule has 2 amide bonds. The molecule has 0 aliphatic heterocycles. The number of amides is 2. The number of rotatable bonds is 3. The maximum absolute atomic E-state index is 11.7. The Morgan fingerprint density at radius 1 is 1.39 bits per heavy atom. The summed E-state index contributed by atoms with van der Waals surface area (Å²) in [6, 6.07) is 6.01. The van der Waals surface area contributed by atoms with Gasteiger partial charge < -0.3 is 10.2 Å². The van der Waals surface area contributed by atoms with E-state index in [9.17, 15) is 4.79 Å². The van der Waals surface area contributed by atoms with Gasteiger partial charge in [-0.15, -0.1) is 0 Å². The lowest BCUT2D eigenvalue weighted by atomic mass is 9.82. The van der Waals surface area contributed by atoms with Gasteiger partial charge in [-0.05, 0) is 25.0 Å². The van der Waals surface area contributed by atoms with Crippen LogP contribution in [0.1, 0.15) is 31.4 Å². The Balaban J connectivity index is 2.11. The van der Waals surface area contributed by atoms with Crippen LogP contribution in [0.15, 0.2) is 24.4 Å². The number of carbonyl (C=O) groups excluding carboxylic acids is 1. The second-order valence-corrected chi connectivity index (χ2v) is 5.26. The van der Waals surface area contributed by atoms with Gasteiger partial charge in [-0.2, -0.15) is 0 Å². The molecule has 1 aromatic rings. The molecule has 0 bridgehead atoms. The van der Waals surface area contributed by atoms with E-state index in [-0.39, 0.29) is 11.4 Å². The van der Waals surface area contributed by atoms with Crippen LogP contribution in [-0.2, 0) is 5.41 Å². The molecule has 0 spiro atoms. The van der Waals surface area contributed by atoms with Gasteiger partial charge in [0.05, 0.1) is 0 Å². The Kier molecular flexibility index (Phi) is 3.84. The summed E-state index contributed by atoms with van der Waals surface area (Å²) in [5.74, 6) is 0. The van der Waals surface area contributed by atoms with Crippen molar-refractivity contribution in [3.63, 3.8) is 0 Å². The van der Waals surface area contributed by atoms with Gasteiger partial charge in [0.15, 0.2) is 0 Å². The molecule has 1 heterocycles. The fourth-order valence-electron chi connectivity index (χ4n) is 2.65. The van der Waals surface area contributed by atoms with E-state index < -0.39 is 0 Å². The molecule has 4 heteroatoms. The highest BCUT2D eigenvalue weighted by molar-refractivity contribution is 5.73. The molecule has 1 saturated carbocycles. The summed E-state index contributed by atoms with van der Waals surface area (Å²) in [5, 5.41) is 3.01. The molecular formula is C14H21N3O. The maximum atomic E-state index is 11.7. The van der Waals surface area contributed by atoms with E-state index in [0.29, 0.717) is 6.54 Å². The highest BCUT2D eigenvalue weighted by atomic mass is 16.2. The second-order valence-electron chi connectivity index (χ2n) is 5.26. The maximum Gasteiger partial charge on any atom is 0.316 e. The van der Waals surface area contributed by atoms with Crippen molar-refractivity contribution in [1.82, 2.24) is 15.2 Å². The fraction of sp³-hybridized carbons (Fsp3) is 0.571. The predicted octanol–water partition coefficient (Wildman–Crippen LogP) is 2.16. The Labute approximate surface area is 108 Å². The molecule has 1 aliphatic rings. The Morgan fingerprint density at radius 2 is 2.11 bits per heavy atom. The summed E-state index contributed by atoms with van der Waals surface area (Å²) in [7, 11) is 3.52. The molecule has 1 fully saturated rings. The lowest BCUT2D eigenvalue weighted by molar-refractivity contribution is 0.213. The fourth-order valence-corrected chi connectivity index (χ4v) is 2.65. The minimum absolute atomic E-state index is 0.0304. The second kappa shape index (κ2) is 5.38. The highest BCUT2D eigenvalue weighted by Crippen LogP contribution is 2.39. The van der Waals surface area contributed by atoms with E-state index in [1.165, 1.54) is 12.8 Å². The molecule has 1 aromatic heterocycles. The van der Waals surface area contributed by atoms with Crippen LogP contribution in [0, 0.1) is 0 Å². The zero-order chi connectivity index (χ0) is 13.0. The molecule has 1 aliphatic carbocycles. The molecule has 98 valence electrons. The molecule has 1 N–H and O–H groups in total. The Bertz CT molecular complexity index is 397. The quantitative estimate of drug-likeness (QED) is 0.889. The number of hydrogen-bond acceptors (Lipinski definition) is 2. The number of urea groups is 1. The normalized spacial score (nSPS) is 17.4. The zero-order valence-electron chi connectivity index (χ0n) is 11.1. The van der Waals surface area contributed by atoms with Crippen molar-refractivity contribution >= 4 is 6.03 Å². The first-order valence-corrected chi connectivity index (χ1v) is 6.51. The Morgan fingerprint density at radius 3 is 2.67 bits per heavy atom. The van der Waals surface area contributed by atoms with E-state index in [2.05, 4.69) is 16.4 Å². The van der Waals surface area contributed by atoms with Gasteiger partial charge in [-0.3, -0.25) is 4.98 Å². The number of hydrogen-bond donors (Lipinski definition) is 1. The lowest BCUT2D eigenvalue weighted by Gasteiger charge is -2.29. The number of aromatic nitrogens is 1. The van der Waals surface area contributed by atoms with E-state index >= 15 is 0 Å². The van der Waals surface area contributed by atoms with Crippen molar-refractivity contribution in [2.75, 3.05) is 20.6 Å². The van der Waals surface area contributed by atoms with Crippen molar-refractivity contribution in [3.05, 3.63) is 30.1 Å². The number of nitrogens with one attached hydrogen (secondary N) is 1. The predicted molar refractivity (Wildman–Crippen MR) is 71.5 cm³/mol. The van der Waals surface area contributed by atoms with Crippen LogP contribution < -0.4 is 5.32 Å². The standard InChI is InChI=1S/C14H21N3O/c1-17(2)13(18)16-11-14(8-4-5-9-14)12-7-3-6-10-15-12/h3,6-7,10H,4-5,8-9,11H2,1-2H3,(H,16,18). The average Bonchev–Trinajstić information content (AvgIpc) is 2.87. The third-order valence-electron chi connectivity index (χ3n) is 3.75. The molecule has 18 heavy (non-hydrogen) atoms. The smallest absolute Gasteiger partial charge is 0.316 e. The first-order chi connectivity index (χ1) is 8.64. The zero-order valence-corrected chi connectivity index (χ0v) is 11.1. The van der Waals surface area contributed by atoms with Crippen LogP contribution >= 0.6 is 0 Å². The van der Waals surface area contributed by atoms with Crippen LogP contribution in [0.2, 0.25) is 0 Å². The minimum Gasteiger partial charge on any atom is -0.337 e. The van der Waals surface area contributed by atoms with Crippen molar-refractivity contribution in [2.45, 2.75) is 31.1 Å². The van der Waals surface area contributed by atoms with Crippen LogP contribution in [0.25, 0.3) is 0 Å². The van der Waals surface area contributed by atoms with Gasteiger partial charge in [0.1, 0.15) is 0 Å². The van der Waals surface area contributed by atoms with Crippen molar-refractivity contribution < 1.29 is 4.79 Å². The molecule has 0 unspecified atom stereocenters. The van der Waals surface area contributed by atoms with Crippen molar-refractivity contribution in [2.24, 2.45) is 0 Å². The highest BCUT2D eigenvalue weighted by Gasteiger charge is 2.37. The third-order valence-corrected chi connectivity index (χ3v) is 3.75. The van der Waals surface area contributed by atoms with Crippen molar-refractivity contribution in [3.8, 4) is 0 Å². The minimum atomic E-state index is -0.0304. The van der Waals surface area contributed by atoms with E-state index in [1.54, 1.807) is 19.0 Å². The summed E-state index contributed by atoms with van der Waals surface area (Å²) in [5.41, 5.74) is 1.15. The van der Waals surface area contributed by atoms with Gasteiger partial charge in [0, 0.05) is 37.9 Å². The summed E-state index contributed by atoms with van der Waals surface area (Å²) < 4.78 is 0. The summed E-state index contributed by atoms with van der Waals surface area (Å²) in [6.07, 6.45) is 6.49. The van der Waals surface area contributed by atoms with Crippen LogP contribution in [0.4, 0.5) is 4.79 Å². The molecular weight excluding hydrogens is 226 g/mol. The first-order valence-electron chi connectivity index (χ1n) is 6.51. The number of pyridine rings is 1. The van der Waals surface area contributed by atoms with Gasteiger partial charge >= 0.3 is 6.03 Å². The molecule has 4 nitrogen and oxygen atoms in total. The molecule has 0 radical (unpaired) electrons. The first kappa shape index (κ1) is 12.9. The molecule has 2 rings (SSSR count). The van der Waals surface area contributed by atoms with E-state index in [4.69, 9.17) is 0 Å². The average molecular weight is 247 g/mol. The van der Waals surface area contributed by atoms with Crippen LogP contribution in [0.3, 0.4) is 0 Å². The molecule has 0 aromatic carbocycles. The van der Waals surface area contributed by atoms with Gasteiger partial charge in [0.25, 0.3) is 0 Å². The van der Waals surface area contributed by atoms with Crippen molar-refractivity contribution in [1.29, 1.82) is 0 Å². The molecule has 0 atom stereocenters. The lowest BCUT2D eigenvalue weighted by Crippen LogP contribution is -2.43. The summed E-state index contributed by atoms with van der Waals surface area (Å²) >= 11 is 0. The van der Waals surface area contributed by atoms with E-state index in [1.807, 2.05) is 18.3 Å². The third kappa shape index (κ3) is 2.63. The van der Waals surface area contributed by atoms with Gasteiger partial charge in [-0.25, -0.2) is 4.79 Å². The van der Waals surface area contributed by atoms with Gasteiger partial charge in [0.2, 0.25) is 0 Å². The van der Waals surface area contributed by atoms with Crippen LogP contribution in [0.5, 0.6) is 0 Å². The van der Waals surface area contributed by atoms with Gasteiger partial charge in [-0.1, -0.05) is 18.9 Å².